The molecule has 9 heteroatoms. The molecule has 316 valence electrons. The Labute approximate surface area is 342 Å². The maximum Gasteiger partial charge on any atom is 0.306 e. The van der Waals surface area contributed by atoms with E-state index in [0.29, 0.717) is 42.6 Å². The van der Waals surface area contributed by atoms with Crippen LogP contribution in [0.3, 0.4) is 0 Å². The van der Waals surface area contributed by atoms with E-state index in [-0.39, 0.29) is 57.9 Å². The van der Waals surface area contributed by atoms with E-state index in [0.717, 1.165) is 76.2 Å². The van der Waals surface area contributed by atoms with Crippen LogP contribution in [0.25, 0.3) is 0 Å². The summed E-state index contributed by atoms with van der Waals surface area (Å²) in [6.07, 6.45) is 13.5. The van der Waals surface area contributed by atoms with Crippen molar-refractivity contribution in [2.24, 2.45) is 62.1 Å². The lowest BCUT2D eigenvalue weighted by Crippen LogP contribution is -2.67. The zero-order valence-electron chi connectivity index (χ0n) is 36.5. The molecule has 1 aromatic rings. The summed E-state index contributed by atoms with van der Waals surface area (Å²) in [5.74, 6) is 2.48. The number of aliphatic carboxylic acids is 1. The van der Waals surface area contributed by atoms with Gasteiger partial charge in [0.2, 0.25) is 5.91 Å². The number of amides is 1. The summed E-state index contributed by atoms with van der Waals surface area (Å²) in [6, 6.07) is 4.16. The summed E-state index contributed by atoms with van der Waals surface area (Å²) in [5, 5.41) is 12.7. The predicted molar refractivity (Wildman–Crippen MR) is 223 cm³/mol. The van der Waals surface area contributed by atoms with Crippen molar-refractivity contribution in [3.05, 3.63) is 36.0 Å². The van der Waals surface area contributed by atoms with Gasteiger partial charge in [0.25, 0.3) is 0 Å². The van der Waals surface area contributed by atoms with E-state index in [1.807, 2.05) is 20.0 Å². The molecular weight excluding hydrogens is 715 g/mol. The fourth-order valence-corrected chi connectivity index (χ4v) is 14.9. The number of morpholine rings is 1. The van der Waals surface area contributed by atoms with E-state index in [2.05, 4.69) is 70.5 Å². The number of fused-ring (bicyclic) bond motifs is 7. The highest BCUT2D eigenvalue weighted by Gasteiger charge is 2.71. The second-order valence-electron chi connectivity index (χ2n) is 21.9. The van der Waals surface area contributed by atoms with Gasteiger partial charge >= 0.3 is 11.9 Å². The number of carbonyl (C=O) groups is 3. The summed E-state index contributed by atoms with van der Waals surface area (Å²) in [4.78, 5) is 45.7. The molecule has 5 aliphatic carbocycles. The van der Waals surface area contributed by atoms with Gasteiger partial charge < -0.3 is 24.8 Å². The van der Waals surface area contributed by atoms with Crippen molar-refractivity contribution in [3.63, 3.8) is 0 Å². The minimum absolute atomic E-state index is 0.00355. The van der Waals surface area contributed by atoms with Crippen LogP contribution in [0.15, 0.2) is 30.5 Å². The van der Waals surface area contributed by atoms with Crippen molar-refractivity contribution in [1.82, 2.24) is 10.3 Å². The van der Waals surface area contributed by atoms with Gasteiger partial charge in [-0.25, -0.2) is 4.98 Å². The van der Waals surface area contributed by atoms with Crippen LogP contribution in [0.1, 0.15) is 144 Å². The van der Waals surface area contributed by atoms with Gasteiger partial charge in [0.05, 0.1) is 26.1 Å². The highest BCUT2D eigenvalue weighted by atomic mass is 16.5. The zero-order chi connectivity index (χ0) is 41.2. The number of pyridine rings is 1. The maximum atomic E-state index is 14.0. The first kappa shape index (κ1) is 42.2. The number of hydrogen-bond acceptors (Lipinski definition) is 7. The molecule has 0 bridgehead atoms. The smallest absolute Gasteiger partial charge is 0.306 e. The molecule has 0 radical (unpaired) electrons. The highest BCUT2D eigenvalue weighted by molar-refractivity contribution is 5.77. The topological polar surface area (TPSA) is 118 Å². The lowest BCUT2D eigenvalue weighted by molar-refractivity contribution is -0.250. The molecule has 0 spiro atoms. The van der Waals surface area contributed by atoms with Gasteiger partial charge in [-0.2, -0.15) is 0 Å². The van der Waals surface area contributed by atoms with Crippen LogP contribution in [0.5, 0.6) is 0 Å². The Morgan fingerprint density at radius 1 is 0.930 bits per heavy atom. The molecular formula is C48H73N3O6. The molecule has 1 amide bonds. The zero-order valence-corrected chi connectivity index (χ0v) is 36.5. The minimum atomic E-state index is -0.886. The van der Waals surface area contributed by atoms with Crippen LogP contribution in [-0.2, 0) is 30.4 Å². The van der Waals surface area contributed by atoms with Crippen LogP contribution in [-0.4, -0.2) is 60.3 Å². The SMILES string of the molecule is C=C(C)C1CC[C@]2(CC(=O)NCc3ccc(N4CCOCC4)nc3)CC[C@]3(C)[C@H](CC[C@@H]4[C@@]5(C)CC[C@H](OC(=O)CC(C)(C)CC(=O)O)C(C)(C)[C@@H]5CC[C@]43C)[C@@H]12. The summed E-state index contributed by atoms with van der Waals surface area (Å²) >= 11 is 0. The van der Waals surface area contributed by atoms with Crippen molar-refractivity contribution in [2.45, 2.75) is 152 Å². The number of carbonyl (C=O) groups excluding carboxylic acids is 2. The quantitative estimate of drug-likeness (QED) is 0.168. The normalized spacial score (nSPS) is 38.5. The third-order valence-electron chi connectivity index (χ3n) is 17.9. The van der Waals surface area contributed by atoms with Crippen molar-refractivity contribution in [2.75, 3.05) is 31.2 Å². The lowest BCUT2D eigenvalue weighted by atomic mass is 9.32. The van der Waals surface area contributed by atoms with Gasteiger partial charge in [-0.15, -0.1) is 0 Å². The van der Waals surface area contributed by atoms with E-state index in [1.165, 1.54) is 31.3 Å². The fraction of sp³-hybridized carbons (Fsp3) is 0.792. The number of ether oxygens (including phenoxy) is 2. The molecule has 57 heavy (non-hydrogen) atoms. The van der Waals surface area contributed by atoms with Crippen LogP contribution in [0, 0.1) is 62.1 Å². The second-order valence-corrected chi connectivity index (χ2v) is 21.9. The van der Waals surface area contributed by atoms with E-state index in [9.17, 15) is 19.5 Å². The number of anilines is 1. The van der Waals surface area contributed by atoms with Crippen LogP contribution >= 0.6 is 0 Å². The third-order valence-corrected chi connectivity index (χ3v) is 17.9. The molecule has 6 aliphatic rings. The number of nitrogens with one attached hydrogen (secondary N) is 1. The molecule has 1 saturated heterocycles. The van der Waals surface area contributed by atoms with Gasteiger partial charge in [-0.3, -0.25) is 14.4 Å². The first-order chi connectivity index (χ1) is 26.7. The van der Waals surface area contributed by atoms with Gasteiger partial charge in [-0.1, -0.05) is 66.7 Å². The number of rotatable bonds is 11. The maximum absolute atomic E-state index is 14.0. The Kier molecular flexibility index (Phi) is 11.3. The summed E-state index contributed by atoms with van der Waals surface area (Å²) < 4.78 is 11.8. The van der Waals surface area contributed by atoms with Crippen molar-refractivity contribution in [3.8, 4) is 0 Å². The molecule has 0 aromatic carbocycles. The Hall–Kier alpha value is -2.94. The van der Waals surface area contributed by atoms with E-state index in [1.54, 1.807) is 0 Å². The van der Waals surface area contributed by atoms with Crippen molar-refractivity contribution in [1.29, 1.82) is 0 Å². The molecule has 2 N–H and O–H groups in total. The molecule has 1 aromatic heterocycles. The Balaban J connectivity index is 1.05. The largest absolute Gasteiger partial charge is 0.481 e. The van der Waals surface area contributed by atoms with Crippen LogP contribution in [0.4, 0.5) is 5.82 Å². The van der Waals surface area contributed by atoms with Gasteiger partial charge in [0.15, 0.2) is 0 Å². The number of carboxylic acids is 1. The molecule has 1 unspecified atom stereocenters. The molecule has 6 fully saturated rings. The monoisotopic (exact) mass is 788 g/mol. The Morgan fingerprint density at radius 3 is 2.33 bits per heavy atom. The highest BCUT2D eigenvalue weighted by Crippen LogP contribution is 2.78. The third kappa shape index (κ3) is 7.47. The number of esters is 1. The summed E-state index contributed by atoms with van der Waals surface area (Å²) in [5.41, 5.74) is 2.00. The second kappa shape index (κ2) is 15.3. The van der Waals surface area contributed by atoms with Crippen molar-refractivity contribution < 1.29 is 29.0 Å². The average molecular weight is 788 g/mol. The molecule has 2 heterocycles. The first-order valence-electron chi connectivity index (χ1n) is 22.4. The van der Waals surface area contributed by atoms with Crippen molar-refractivity contribution >= 4 is 23.7 Å². The average Bonchev–Trinajstić information content (AvgIpc) is 3.51. The van der Waals surface area contributed by atoms with E-state index < -0.39 is 11.4 Å². The molecule has 1 aliphatic heterocycles. The number of nitrogens with zero attached hydrogens (tertiary/aromatic N) is 2. The molecule has 7 rings (SSSR count). The van der Waals surface area contributed by atoms with Gasteiger partial charge in [0.1, 0.15) is 11.9 Å². The van der Waals surface area contributed by atoms with Crippen LogP contribution < -0.4 is 10.2 Å². The Bertz CT molecular complexity index is 1700. The molecule has 10 atom stereocenters. The predicted octanol–water partition coefficient (Wildman–Crippen LogP) is 9.38. The van der Waals surface area contributed by atoms with Gasteiger partial charge in [-0.05, 0) is 139 Å². The number of hydrogen-bond donors (Lipinski definition) is 2. The Morgan fingerprint density at radius 2 is 1.67 bits per heavy atom. The standard InChI is InChI=1S/C48H73N3O6/c1-31(2)33-14-19-48(26-39(52)50-30-32-10-13-38(49-29-32)51-22-24-56-25-23-51)21-20-46(8)34(42(33)48)11-12-36-45(7)17-16-37(44(5,6)35(45)15-18-47(36,46)9)57-41(55)28-43(3,4)27-40(53)54/h10,13,29,33-37,42H,1,11-12,14-28,30H2,2-9H3,(H,50,52)(H,53,54)/t33?,34-,35+,36-,37+,42-,45+,46-,47-,48-/m1/s1. The first-order valence-corrected chi connectivity index (χ1v) is 22.4. The molecule has 5 saturated carbocycles. The van der Waals surface area contributed by atoms with E-state index >= 15 is 0 Å². The minimum Gasteiger partial charge on any atom is -0.481 e. The number of aromatic nitrogens is 1. The van der Waals surface area contributed by atoms with Crippen LogP contribution in [0.2, 0.25) is 0 Å². The summed E-state index contributed by atoms with van der Waals surface area (Å²) in [7, 11) is 0. The lowest BCUT2D eigenvalue weighted by Gasteiger charge is -2.73. The summed E-state index contributed by atoms with van der Waals surface area (Å²) in [6.45, 7) is 26.7. The number of allylic oxidation sites excluding steroid dienone is 1. The molecule has 9 nitrogen and oxygen atoms in total. The van der Waals surface area contributed by atoms with E-state index in [4.69, 9.17) is 14.5 Å². The number of carboxylic acid groups (broad SMARTS) is 1. The fourth-order valence-electron chi connectivity index (χ4n) is 14.9. The van der Waals surface area contributed by atoms with Gasteiger partial charge in [0, 0.05) is 37.7 Å².